The van der Waals surface area contributed by atoms with Gasteiger partial charge in [-0.15, -0.1) is 0 Å². The van der Waals surface area contributed by atoms with E-state index in [2.05, 4.69) is 4.98 Å². The van der Waals surface area contributed by atoms with Crippen LogP contribution in [0.3, 0.4) is 0 Å². The maximum absolute atomic E-state index is 13.6. The normalized spacial score (nSPS) is 14.7. The van der Waals surface area contributed by atoms with Crippen LogP contribution in [-0.4, -0.2) is 33.4 Å². The second kappa shape index (κ2) is 7.06. The number of aromatic nitrogens is 2. The second-order valence-electron chi connectivity index (χ2n) is 7.02. The smallest absolute Gasteiger partial charge is 0.360 e. The number of halogens is 4. The van der Waals surface area contributed by atoms with Crippen molar-refractivity contribution in [3.8, 4) is 11.1 Å². The quantitative estimate of drug-likeness (QED) is 0.672. The molecule has 1 fully saturated rings. The second-order valence-corrected chi connectivity index (χ2v) is 7.02. The lowest BCUT2D eigenvalue weighted by Gasteiger charge is -2.16. The third kappa shape index (κ3) is 3.52. The van der Waals surface area contributed by atoms with E-state index < -0.39 is 23.1 Å². The minimum absolute atomic E-state index is 0.0608. The molecule has 0 atom stereocenters. The summed E-state index contributed by atoms with van der Waals surface area (Å²) in [5.41, 5.74) is -1.19. The predicted octanol–water partition coefficient (Wildman–Crippen LogP) is 3.78. The first-order valence-corrected chi connectivity index (χ1v) is 9.11. The summed E-state index contributed by atoms with van der Waals surface area (Å²) in [5, 5.41) is 0.154. The zero-order valence-electron chi connectivity index (χ0n) is 15.2. The van der Waals surface area contributed by atoms with Gasteiger partial charge in [-0.3, -0.25) is 9.59 Å². The topological polar surface area (TPSA) is 58.1 Å². The third-order valence-corrected chi connectivity index (χ3v) is 5.15. The van der Waals surface area contributed by atoms with Gasteiger partial charge in [-0.1, -0.05) is 6.07 Å². The van der Waals surface area contributed by atoms with Crippen LogP contribution in [0.4, 0.5) is 17.6 Å². The Balaban J connectivity index is 1.77. The van der Waals surface area contributed by atoms with Crippen molar-refractivity contribution in [1.29, 1.82) is 0 Å². The monoisotopic (exact) mass is 407 g/mol. The van der Waals surface area contributed by atoms with E-state index in [0.717, 1.165) is 18.9 Å². The Morgan fingerprint density at radius 3 is 2.55 bits per heavy atom. The highest BCUT2D eigenvalue weighted by Gasteiger charge is 2.34. The number of aromatic amines is 1. The minimum Gasteiger partial charge on any atom is -0.360 e. The first-order valence-electron chi connectivity index (χ1n) is 9.11. The Morgan fingerprint density at radius 1 is 1.14 bits per heavy atom. The van der Waals surface area contributed by atoms with E-state index >= 15 is 0 Å². The van der Waals surface area contributed by atoms with Crippen LogP contribution in [-0.2, 0) is 17.5 Å². The van der Waals surface area contributed by atoms with E-state index in [1.807, 2.05) is 0 Å². The predicted molar refractivity (Wildman–Crippen MR) is 98.8 cm³/mol. The van der Waals surface area contributed by atoms with Gasteiger partial charge in [0.25, 0.3) is 5.56 Å². The summed E-state index contributed by atoms with van der Waals surface area (Å²) < 4.78 is 54.1. The van der Waals surface area contributed by atoms with Crippen LogP contribution in [0.2, 0.25) is 0 Å². The van der Waals surface area contributed by atoms with Crippen molar-refractivity contribution < 1.29 is 22.4 Å². The molecule has 1 saturated heterocycles. The molecule has 1 aromatic carbocycles. The SMILES string of the molecule is O=C(Cn1ccc2[nH]cc(-c3ccc(F)c(C(F)(F)F)c3)c2c1=O)N1CCCC1. The van der Waals surface area contributed by atoms with Gasteiger partial charge < -0.3 is 14.5 Å². The molecule has 1 aliphatic rings. The molecule has 9 heteroatoms. The first kappa shape index (κ1) is 19.2. The number of H-pyrrole nitrogens is 1. The lowest BCUT2D eigenvalue weighted by molar-refractivity contribution is -0.140. The lowest BCUT2D eigenvalue weighted by Crippen LogP contribution is -2.34. The number of amides is 1. The Morgan fingerprint density at radius 2 is 1.86 bits per heavy atom. The van der Waals surface area contributed by atoms with E-state index in [1.165, 1.54) is 23.0 Å². The number of alkyl halides is 3. The summed E-state index contributed by atoms with van der Waals surface area (Å²) in [5.74, 6) is -1.56. The molecular weight excluding hydrogens is 390 g/mol. The van der Waals surface area contributed by atoms with Crippen LogP contribution < -0.4 is 5.56 Å². The average Bonchev–Trinajstić information content (AvgIpc) is 3.33. The number of hydrogen-bond acceptors (Lipinski definition) is 2. The average molecular weight is 407 g/mol. The van der Waals surface area contributed by atoms with Gasteiger partial charge in [0.2, 0.25) is 5.91 Å². The molecule has 1 N–H and O–H groups in total. The Hall–Kier alpha value is -3.10. The fourth-order valence-corrected chi connectivity index (χ4v) is 3.65. The molecule has 29 heavy (non-hydrogen) atoms. The number of pyridine rings is 1. The van der Waals surface area contributed by atoms with Gasteiger partial charge in [-0.2, -0.15) is 13.2 Å². The van der Waals surface area contributed by atoms with Gasteiger partial charge >= 0.3 is 6.18 Å². The van der Waals surface area contributed by atoms with E-state index in [4.69, 9.17) is 0 Å². The third-order valence-electron chi connectivity index (χ3n) is 5.15. The van der Waals surface area contributed by atoms with Gasteiger partial charge in [0.1, 0.15) is 12.4 Å². The van der Waals surface area contributed by atoms with E-state index in [-0.39, 0.29) is 29.0 Å². The summed E-state index contributed by atoms with van der Waals surface area (Å²) in [6, 6.07) is 4.20. The lowest BCUT2D eigenvalue weighted by atomic mass is 10.0. The molecule has 1 aliphatic heterocycles. The van der Waals surface area contributed by atoms with Gasteiger partial charge in [0.15, 0.2) is 0 Å². The maximum Gasteiger partial charge on any atom is 0.419 e. The molecule has 0 spiro atoms. The number of benzene rings is 1. The number of nitrogens with one attached hydrogen (secondary N) is 1. The van der Waals surface area contributed by atoms with Crippen molar-refractivity contribution in [2.24, 2.45) is 0 Å². The summed E-state index contributed by atoms with van der Waals surface area (Å²) in [7, 11) is 0. The standard InChI is InChI=1S/C20H17F4N3O2/c21-15-4-3-12(9-14(15)20(22,23)24)13-10-25-16-5-8-27(19(29)18(13)16)11-17(28)26-6-1-2-7-26/h3-5,8-10,25H,1-2,6-7,11H2. The summed E-state index contributed by atoms with van der Waals surface area (Å²) in [6.45, 7) is 1.17. The van der Waals surface area contributed by atoms with Crippen molar-refractivity contribution in [1.82, 2.24) is 14.5 Å². The minimum atomic E-state index is -4.85. The molecule has 4 rings (SSSR count). The summed E-state index contributed by atoms with van der Waals surface area (Å²) in [4.78, 5) is 29.9. The molecule has 1 amide bonds. The van der Waals surface area contributed by atoms with Crippen molar-refractivity contribution in [3.63, 3.8) is 0 Å². The Bertz CT molecular complexity index is 1140. The van der Waals surface area contributed by atoms with Crippen molar-refractivity contribution in [3.05, 3.63) is 58.4 Å². The highest BCUT2D eigenvalue weighted by molar-refractivity contribution is 5.95. The Labute approximate surface area is 162 Å². The van der Waals surface area contributed by atoms with Crippen LogP contribution in [0.15, 0.2) is 41.5 Å². The van der Waals surface area contributed by atoms with Crippen molar-refractivity contribution in [2.75, 3.05) is 13.1 Å². The molecule has 5 nitrogen and oxygen atoms in total. The zero-order chi connectivity index (χ0) is 20.8. The summed E-state index contributed by atoms with van der Waals surface area (Å²) in [6.07, 6.45) is -0.118. The van der Waals surface area contributed by atoms with Gasteiger partial charge in [0.05, 0.1) is 16.5 Å². The molecule has 0 saturated carbocycles. The maximum atomic E-state index is 13.6. The fraction of sp³-hybridized carbons (Fsp3) is 0.300. The van der Waals surface area contributed by atoms with Crippen LogP contribution in [0.5, 0.6) is 0 Å². The highest BCUT2D eigenvalue weighted by Crippen LogP contribution is 2.35. The van der Waals surface area contributed by atoms with E-state index in [9.17, 15) is 27.2 Å². The molecular formula is C20H17F4N3O2. The van der Waals surface area contributed by atoms with Gasteiger partial charge in [-0.05, 0) is 36.6 Å². The van der Waals surface area contributed by atoms with Crippen LogP contribution in [0, 0.1) is 5.82 Å². The molecule has 0 unspecified atom stereocenters. The van der Waals surface area contributed by atoms with Crippen molar-refractivity contribution >= 4 is 16.8 Å². The number of carbonyl (C=O) groups is 1. The molecule has 0 aliphatic carbocycles. The number of likely N-dealkylation sites (tertiary alicyclic amines) is 1. The number of nitrogens with zero attached hydrogens (tertiary/aromatic N) is 2. The number of fused-ring (bicyclic) bond motifs is 1. The van der Waals surface area contributed by atoms with E-state index in [1.54, 1.807) is 11.0 Å². The molecule has 2 aromatic heterocycles. The van der Waals surface area contributed by atoms with Crippen molar-refractivity contribution in [2.45, 2.75) is 25.6 Å². The van der Waals surface area contributed by atoms with Crippen LogP contribution in [0.25, 0.3) is 22.0 Å². The highest BCUT2D eigenvalue weighted by atomic mass is 19.4. The van der Waals surface area contributed by atoms with Crippen LogP contribution in [0.1, 0.15) is 18.4 Å². The fourth-order valence-electron chi connectivity index (χ4n) is 3.65. The molecule has 152 valence electrons. The molecule has 0 bridgehead atoms. The largest absolute Gasteiger partial charge is 0.419 e. The molecule has 3 aromatic rings. The number of rotatable bonds is 3. The van der Waals surface area contributed by atoms with Gasteiger partial charge in [0, 0.05) is 31.0 Å². The zero-order valence-corrected chi connectivity index (χ0v) is 15.2. The van der Waals surface area contributed by atoms with Gasteiger partial charge in [-0.25, -0.2) is 4.39 Å². The number of carbonyl (C=O) groups excluding carboxylic acids is 1. The van der Waals surface area contributed by atoms with Crippen LogP contribution >= 0.6 is 0 Å². The molecule has 3 heterocycles. The first-order chi connectivity index (χ1) is 13.8. The Kier molecular flexibility index (Phi) is 4.68. The summed E-state index contributed by atoms with van der Waals surface area (Å²) >= 11 is 0. The number of hydrogen-bond donors (Lipinski definition) is 1. The van der Waals surface area contributed by atoms with E-state index in [0.29, 0.717) is 24.7 Å². The molecule has 0 radical (unpaired) electrons.